The molecule has 1 nitrogen and oxygen atoms in total. The van der Waals surface area contributed by atoms with Crippen LogP contribution in [0.3, 0.4) is 0 Å². The quantitative estimate of drug-likeness (QED) is 0.679. The van der Waals surface area contributed by atoms with Crippen LogP contribution >= 0.6 is 15.9 Å². The fourth-order valence-electron chi connectivity index (χ4n) is 4.36. The number of benzene rings is 1. The molecular weight excluding hydrogens is 298 g/mol. The molecule has 1 saturated carbocycles. The third-order valence-electron chi connectivity index (χ3n) is 5.39. The van der Waals surface area contributed by atoms with Gasteiger partial charge in [0.1, 0.15) is 0 Å². The van der Waals surface area contributed by atoms with E-state index in [9.17, 15) is 0 Å². The predicted octanol–water partition coefficient (Wildman–Crippen LogP) is 5.29. The molecule has 0 saturated heterocycles. The molecule has 1 N–H and O–H groups in total. The van der Waals surface area contributed by atoms with Gasteiger partial charge in [-0.3, -0.25) is 0 Å². The molecule has 100 valence electrons. The first-order valence-electron chi connectivity index (χ1n) is 7.47. The number of aryl methyl sites for hydroxylation is 2. The third-order valence-corrected chi connectivity index (χ3v) is 5.84. The van der Waals surface area contributed by atoms with Crippen molar-refractivity contribution in [3.63, 3.8) is 0 Å². The van der Waals surface area contributed by atoms with Crippen LogP contribution in [0.2, 0.25) is 0 Å². The first-order chi connectivity index (χ1) is 9.17. The van der Waals surface area contributed by atoms with Gasteiger partial charge in [-0.1, -0.05) is 28.8 Å². The van der Waals surface area contributed by atoms with E-state index < -0.39 is 0 Å². The van der Waals surface area contributed by atoms with Gasteiger partial charge in [0.05, 0.1) is 0 Å². The summed E-state index contributed by atoms with van der Waals surface area (Å²) >= 11 is 3.66. The largest absolute Gasteiger partial charge is 0.358 e. The molecule has 2 heteroatoms. The van der Waals surface area contributed by atoms with E-state index in [1.807, 2.05) is 0 Å². The number of aromatic nitrogens is 1. The van der Waals surface area contributed by atoms with Crippen LogP contribution in [-0.4, -0.2) is 4.98 Å². The Bertz CT molecular complexity index is 647. The molecular formula is C17H20BrN. The summed E-state index contributed by atoms with van der Waals surface area (Å²) in [6, 6.07) is 4.53. The number of aromatic amines is 1. The molecule has 19 heavy (non-hydrogen) atoms. The van der Waals surface area contributed by atoms with E-state index >= 15 is 0 Å². The Morgan fingerprint density at radius 1 is 1.16 bits per heavy atom. The SMILES string of the molecule is Cc1cc(Br)cc2c3c([nH]c12)CCC1(CCCC1)C3. The van der Waals surface area contributed by atoms with E-state index in [0.717, 1.165) is 0 Å². The standard InChI is InChI=1S/C17H20BrN/c1-11-8-12(18)9-13-14-10-17(5-2-3-6-17)7-4-15(14)19-16(11)13/h8-9,19H,2-7,10H2,1H3. The van der Waals surface area contributed by atoms with Crippen LogP contribution in [0.25, 0.3) is 10.9 Å². The molecule has 2 aromatic rings. The van der Waals surface area contributed by atoms with Gasteiger partial charge in [0.25, 0.3) is 0 Å². The number of H-pyrrole nitrogens is 1. The van der Waals surface area contributed by atoms with Crippen molar-refractivity contribution in [2.24, 2.45) is 5.41 Å². The van der Waals surface area contributed by atoms with E-state index in [2.05, 4.69) is 40.0 Å². The van der Waals surface area contributed by atoms with Crippen LogP contribution in [0.5, 0.6) is 0 Å². The maximum absolute atomic E-state index is 3.70. The van der Waals surface area contributed by atoms with Crippen LogP contribution in [0.15, 0.2) is 16.6 Å². The maximum atomic E-state index is 3.70. The molecule has 1 fully saturated rings. The number of fused-ring (bicyclic) bond motifs is 3. The number of hydrogen-bond acceptors (Lipinski definition) is 0. The molecule has 1 heterocycles. The summed E-state index contributed by atoms with van der Waals surface area (Å²) in [5, 5.41) is 1.47. The fourth-order valence-corrected chi connectivity index (χ4v) is 4.93. The fraction of sp³-hybridized carbons (Fsp3) is 0.529. The van der Waals surface area contributed by atoms with Crippen molar-refractivity contribution in [3.8, 4) is 0 Å². The van der Waals surface area contributed by atoms with Gasteiger partial charge in [0.2, 0.25) is 0 Å². The molecule has 0 unspecified atom stereocenters. The highest BCUT2D eigenvalue weighted by Crippen LogP contribution is 2.49. The average molecular weight is 318 g/mol. The lowest BCUT2D eigenvalue weighted by Crippen LogP contribution is -2.25. The molecule has 1 aromatic heterocycles. The highest BCUT2D eigenvalue weighted by molar-refractivity contribution is 9.10. The van der Waals surface area contributed by atoms with E-state index in [4.69, 9.17) is 0 Å². The Labute approximate surface area is 122 Å². The van der Waals surface area contributed by atoms with Gasteiger partial charge in [0, 0.05) is 21.1 Å². The van der Waals surface area contributed by atoms with Gasteiger partial charge in [0.15, 0.2) is 0 Å². The Balaban J connectivity index is 1.89. The zero-order chi connectivity index (χ0) is 13.0. The minimum absolute atomic E-state index is 0.637. The summed E-state index contributed by atoms with van der Waals surface area (Å²) < 4.78 is 1.21. The molecule has 4 rings (SSSR count). The van der Waals surface area contributed by atoms with Gasteiger partial charge in [-0.05, 0) is 67.7 Å². The highest BCUT2D eigenvalue weighted by atomic mass is 79.9. The van der Waals surface area contributed by atoms with Crippen LogP contribution in [0.4, 0.5) is 0 Å². The summed E-state index contributed by atoms with van der Waals surface area (Å²) in [5.41, 5.74) is 6.49. The van der Waals surface area contributed by atoms with Crippen LogP contribution in [0, 0.1) is 12.3 Å². The minimum atomic E-state index is 0.637. The summed E-state index contributed by atoms with van der Waals surface area (Å²) in [4.78, 5) is 3.70. The first kappa shape index (κ1) is 12.0. The van der Waals surface area contributed by atoms with E-state index in [-0.39, 0.29) is 0 Å². The topological polar surface area (TPSA) is 15.8 Å². The van der Waals surface area contributed by atoms with Crippen molar-refractivity contribution in [2.45, 2.75) is 51.9 Å². The molecule has 1 spiro atoms. The predicted molar refractivity (Wildman–Crippen MR) is 83.7 cm³/mol. The van der Waals surface area contributed by atoms with Crippen molar-refractivity contribution in [1.29, 1.82) is 0 Å². The average Bonchev–Trinajstić information content (AvgIpc) is 2.96. The van der Waals surface area contributed by atoms with Gasteiger partial charge < -0.3 is 4.98 Å². The normalized spacial score (nSPS) is 21.2. The second kappa shape index (κ2) is 4.12. The van der Waals surface area contributed by atoms with Crippen LogP contribution in [-0.2, 0) is 12.8 Å². The number of hydrogen-bond donors (Lipinski definition) is 1. The third kappa shape index (κ3) is 1.79. The number of rotatable bonds is 0. The Morgan fingerprint density at radius 2 is 1.95 bits per heavy atom. The molecule has 2 aliphatic carbocycles. The minimum Gasteiger partial charge on any atom is -0.358 e. The Morgan fingerprint density at radius 3 is 2.74 bits per heavy atom. The summed E-state index contributed by atoms with van der Waals surface area (Å²) in [6.45, 7) is 2.21. The lowest BCUT2D eigenvalue weighted by molar-refractivity contribution is 0.255. The van der Waals surface area contributed by atoms with Gasteiger partial charge in [-0.25, -0.2) is 0 Å². The zero-order valence-corrected chi connectivity index (χ0v) is 13.1. The second-order valence-corrected chi connectivity index (χ2v) is 7.53. The lowest BCUT2D eigenvalue weighted by Gasteiger charge is -2.33. The van der Waals surface area contributed by atoms with Gasteiger partial charge >= 0.3 is 0 Å². The summed E-state index contributed by atoms with van der Waals surface area (Å²) in [5.74, 6) is 0. The van der Waals surface area contributed by atoms with Gasteiger partial charge in [-0.15, -0.1) is 0 Å². The van der Waals surface area contributed by atoms with Crippen molar-refractivity contribution in [2.75, 3.05) is 0 Å². The lowest BCUT2D eigenvalue weighted by atomic mass is 9.72. The number of halogens is 1. The smallest absolute Gasteiger partial charge is 0.0489 e. The van der Waals surface area contributed by atoms with Crippen LogP contribution < -0.4 is 0 Å². The first-order valence-corrected chi connectivity index (χ1v) is 8.26. The highest BCUT2D eigenvalue weighted by Gasteiger charge is 2.38. The van der Waals surface area contributed by atoms with Crippen molar-refractivity contribution < 1.29 is 0 Å². The molecule has 0 bridgehead atoms. The molecule has 2 aliphatic rings. The maximum Gasteiger partial charge on any atom is 0.0489 e. The molecule has 0 atom stereocenters. The van der Waals surface area contributed by atoms with Crippen LogP contribution in [0.1, 0.15) is 48.9 Å². The summed E-state index contributed by atoms with van der Waals surface area (Å²) in [6.07, 6.45) is 9.74. The van der Waals surface area contributed by atoms with E-state index in [1.54, 1.807) is 5.56 Å². The molecule has 0 radical (unpaired) electrons. The molecule has 1 aromatic carbocycles. The van der Waals surface area contributed by atoms with Crippen molar-refractivity contribution >= 4 is 26.8 Å². The Hall–Kier alpha value is -0.760. The van der Waals surface area contributed by atoms with Crippen molar-refractivity contribution in [1.82, 2.24) is 4.98 Å². The molecule has 0 amide bonds. The Kier molecular flexibility index (Phi) is 2.60. The number of nitrogens with one attached hydrogen (secondary N) is 1. The van der Waals surface area contributed by atoms with Crippen molar-refractivity contribution in [3.05, 3.63) is 33.4 Å². The van der Waals surface area contributed by atoms with E-state index in [0.29, 0.717) is 5.41 Å². The zero-order valence-electron chi connectivity index (χ0n) is 11.5. The van der Waals surface area contributed by atoms with Gasteiger partial charge in [-0.2, -0.15) is 0 Å². The summed E-state index contributed by atoms with van der Waals surface area (Å²) in [7, 11) is 0. The second-order valence-electron chi connectivity index (χ2n) is 6.61. The van der Waals surface area contributed by atoms with E-state index in [1.165, 1.54) is 71.6 Å². The molecule has 0 aliphatic heterocycles. The monoisotopic (exact) mass is 317 g/mol.